The summed E-state index contributed by atoms with van der Waals surface area (Å²) in [5.41, 5.74) is 3.09. The van der Waals surface area contributed by atoms with Crippen molar-refractivity contribution in [3.63, 3.8) is 0 Å². The van der Waals surface area contributed by atoms with Crippen LogP contribution in [0.1, 0.15) is 30.0 Å². The largest absolute Gasteiger partial charge is 0.314 e. The number of hydrogen-bond acceptors (Lipinski definition) is 3. The summed E-state index contributed by atoms with van der Waals surface area (Å²) in [6.07, 6.45) is 3.75. The van der Waals surface area contributed by atoms with Crippen molar-refractivity contribution in [2.24, 2.45) is 0 Å². The maximum absolute atomic E-state index is 3.68. The SMILES string of the molecule is c1ccc2c(c1)CCNC2CCCN1CCNCC1. The average Bonchev–Trinajstić information content (AvgIpc) is 2.49. The lowest BCUT2D eigenvalue weighted by Crippen LogP contribution is -2.43. The summed E-state index contributed by atoms with van der Waals surface area (Å²) in [6, 6.07) is 9.51. The molecule has 0 spiro atoms. The third kappa shape index (κ3) is 3.35. The smallest absolute Gasteiger partial charge is 0.0323 e. The minimum atomic E-state index is 0.577. The maximum Gasteiger partial charge on any atom is 0.0323 e. The molecule has 3 heteroatoms. The molecule has 1 aromatic carbocycles. The second-order valence-corrected chi connectivity index (χ2v) is 5.69. The van der Waals surface area contributed by atoms with Gasteiger partial charge in [0.25, 0.3) is 0 Å². The third-order valence-corrected chi connectivity index (χ3v) is 4.39. The topological polar surface area (TPSA) is 27.3 Å². The Morgan fingerprint density at radius 2 is 1.95 bits per heavy atom. The van der Waals surface area contributed by atoms with Gasteiger partial charge in [-0.05, 0) is 43.5 Å². The van der Waals surface area contributed by atoms with E-state index in [-0.39, 0.29) is 0 Å². The van der Waals surface area contributed by atoms with Crippen molar-refractivity contribution in [3.05, 3.63) is 35.4 Å². The third-order valence-electron chi connectivity index (χ3n) is 4.39. The van der Waals surface area contributed by atoms with Crippen LogP contribution in [0.15, 0.2) is 24.3 Å². The molecule has 0 aromatic heterocycles. The van der Waals surface area contributed by atoms with E-state index >= 15 is 0 Å². The van der Waals surface area contributed by atoms with Crippen molar-refractivity contribution >= 4 is 0 Å². The summed E-state index contributed by atoms with van der Waals surface area (Å²) in [5, 5.41) is 7.10. The van der Waals surface area contributed by atoms with Crippen molar-refractivity contribution in [1.82, 2.24) is 15.5 Å². The molecule has 2 aliphatic rings. The van der Waals surface area contributed by atoms with Crippen LogP contribution in [-0.2, 0) is 6.42 Å². The van der Waals surface area contributed by atoms with Gasteiger partial charge in [0, 0.05) is 32.2 Å². The standard InChI is InChI=1S/C16H25N3/c1-2-5-15-14(4-1)7-8-18-16(15)6-3-11-19-12-9-17-10-13-19/h1-2,4-5,16-18H,3,6-13H2. The van der Waals surface area contributed by atoms with Crippen LogP contribution in [0.2, 0.25) is 0 Å². The molecule has 1 unspecified atom stereocenters. The molecule has 1 atom stereocenters. The number of piperazine rings is 1. The van der Waals surface area contributed by atoms with Gasteiger partial charge in [0.05, 0.1) is 0 Å². The molecular weight excluding hydrogens is 234 g/mol. The van der Waals surface area contributed by atoms with Crippen molar-refractivity contribution in [2.75, 3.05) is 39.3 Å². The lowest BCUT2D eigenvalue weighted by molar-refractivity contribution is 0.232. The maximum atomic E-state index is 3.68. The van der Waals surface area contributed by atoms with Crippen LogP contribution in [0.5, 0.6) is 0 Å². The molecule has 3 nitrogen and oxygen atoms in total. The van der Waals surface area contributed by atoms with Crippen LogP contribution in [0, 0.1) is 0 Å². The molecule has 0 radical (unpaired) electrons. The van der Waals surface area contributed by atoms with Crippen molar-refractivity contribution in [2.45, 2.75) is 25.3 Å². The molecule has 2 aliphatic heterocycles. The average molecular weight is 259 g/mol. The normalized spacial score (nSPS) is 24.1. The predicted molar refractivity (Wildman–Crippen MR) is 79.4 cm³/mol. The lowest BCUT2D eigenvalue weighted by Gasteiger charge is -2.30. The van der Waals surface area contributed by atoms with Crippen LogP contribution in [0.3, 0.4) is 0 Å². The molecule has 3 rings (SSSR count). The molecule has 0 amide bonds. The molecule has 1 aromatic rings. The quantitative estimate of drug-likeness (QED) is 0.859. The number of benzene rings is 1. The van der Waals surface area contributed by atoms with Gasteiger partial charge in [-0.3, -0.25) is 0 Å². The highest BCUT2D eigenvalue weighted by Crippen LogP contribution is 2.26. The van der Waals surface area contributed by atoms with Crippen molar-refractivity contribution in [1.29, 1.82) is 0 Å². The van der Waals surface area contributed by atoms with E-state index in [1.807, 2.05) is 0 Å². The fourth-order valence-corrected chi connectivity index (χ4v) is 3.30. The van der Waals surface area contributed by atoms with E-state index in [2.05, 4.69) is 39.8 Å². The highest BCUT2D eigenvalue weighted by atomic mass is 15.2. The molecule has 1 fully saturated rings. The van der Waals surface area contributed by atoms with Crippen molar-refractivity contribution < 1.29 is 0 Å². The van der Waals surface area contributed by atoms with E-state index in [1.54, 1.807) is 5.56 Å². The Morgan fingerprint density at radius 1 is 1.11 bits per heavy atom. The van der Waals surface area contributed by atoms with Crippen LogP contribution in [0.25, 0.3) is 0 Å². The molecule has 2 heterocycles. The Bertz CT molecular complexity index is 399. The van der Waals surface area contributed by atoms with Crippen LogP contribution < -0.4 is 10.6 Å². The fraction of sp³-hybridized carbons (Fsp3) is 0.625. The van der Waals surface area contributed by atoms with Gasteiger partial charge < -0.3 is 15.5 Å². The highest BCUT2D eigenvalue weighted by molar-refractivity contribution is 5.32. The molecule has 19 heavy (non-hydrogen) atoms. The molecule has 0 saturated carbocycles. The first-order chi connectivity index (χ1) is 9.43. The zero-order chi connectivity index (χ0) is 12.9. The van der Waals surface area contributed by atoms with E-state index in [9.17, 15) is 0 Å². The van der Waals surface area contributed by atoms with Crippen LogP contribution in [-0.4, -0.2) is 44.2 Å². The van der Waals surface area contributed by atoms with Gasteiger partial charge in [-0.2, -0.15) is 0 Å². The lowest BCUT2D eigenvalue weighted by atomic mass is 9.92. The number of rotatable bonds is 4. The summed E-state index contributed by atoms with van der Waals surface area (Å²) in [7, 11) is 0. The fourth-order valence-electron chi connectivity index (χ4n) is 3.30. The van der Waals surface area contributed by atoms with Crippen LogP contribution in [0.4, 0.5) is 0 Å². The summed E-state index contributed by atoms with van der Waals surface area (Å²) in [4.78, 5) is 2.59. The van der Waals surface area contributed by atoms with Gasteiger partial charge in [0.2, 0.25) is 0 Å². The number of nitrogens with one attached hydrogen (secondary N) is 2. The number of fused-ring (bicyclic) bond motifs is 1. The van der Waals surface area contributed by atoms with Gasteiger partial charge in [-0.15, -0.1) is 0 Å². The minimum Gasteiger partial charge on any atom is -0.314 e. The minimum absolute atomic E-state index is 0.577. The Kier molecular flexibility index (Phi) is 4.49. The van der Waals surface area contributed by atoms with Gasteiger partial charge in [0.1, 0.15) is 0 Å². The van der Waals surface area contributed by atoms with E-state index < -0.39 is 0 Å². The summed E-state index contributed by atoms with van der Waals surface area (Å²) in [5.74, 6) is 0. The van der Waals surface area contributed by atoms with E-state index in [4.69, 9.17) is 0 Å². The Morgan fingerprint density at radius 3 is 2.84 bits per heavy atom. The predicted octanol–water partition coefficient (Wildman–Crippen LogP) is 1.56. The van der Waals surface area contributed by atoms with Gasteiger partial charge in [-0.25, -0.2) is 0 Å². The van der Waals surface area contributed by atoms with Crippen LogP contribution >= 0.6 is 0 Å². The molecule has 0 bridgehead atoms. The van der Waals surface area contributed by atoms with Gasteiger partial charge in [-0.1, -0.05) is 24.3 Å². The molecular formula is C16H25N3. The number of hydrogen-bond donors (Lipinski definition) is 2. The second-order valence-electron chi connectivity index (χ2n) is 5.69. The molecule has 0 aliphatic carbocycles. The Hall–Kier alpha value is -0.900. The zero-order valence-electron chi connectivity index (χ0n) is 11.7. The van der Waals surface area contributed by atoms with E-state index in [1.165, 1.54) is 44.5 Å². The first-order valence-electron chi connectivity index (χ1n) is 7.68. The van der Waals surface area contributed by atoms with E-state index in [0.717, 1.165) is 19.6 Å². The first-order valence-corrected chi connectivity index (χ1v) is 7.68. The number of nitrogens with zero attached hydrogens (tertiary/aromatic N) is 1. The Labute approximate surface area is 116 Å². The zero-order valence-corrected chi connectivity index (χ0v) is 11.7. The molecule has 2 N–H and O–H groups in total. The summed E-state index contributed by atoms with van der Waals surface area (Å²) in [6.45, 7) is 7.13. The van der Waals surface area contributed by atoms with E-state index in [0.29, 0.717) is 6.04 Å². The highest BCUT2D eigenvalue weighted by Gasteiger charge is 2.19. The van der Waals surface area contributed by atoms with Gasteiger partial charge >= 0.3 is 0 Å². The second kappa shape index (κ2) is 6.51. The molecule has 104 valence electrons. The van der Waals surface area contributed by atoms with Gasteiger partial charge in [0.15, 0.2) is 0 Å². The Balaban J connectivity index is 1.50. The molecule has 1 saturated heterocycles. The summed E-state index contributed by atoms with van der Waals surface area (Å²) >= 11 is 0. The monoisotopic (exact) mass is 259 g/mol. The first kappa shape index (κ1) is 13.1. The van der Waals surface area contributed by atoms with Crippen molar-refractivity contribution in [3.8, 4) is 0 Å². The summed E-state index contributed by atoms with van der Waals surface area (Å²) < 4.78 is 0.